The third-order valence-corrected chi connectivity index (χ3v) is 16.4. The molecule has 0 bridgehead atoms. The summed E-state index contributed by atoms with van der Waals surface area (Å²) in [5, 5.41) is 65.1. The Balaban J connectivity index is 2.10. The molecule has 1 aliphatic rings. The van der Waals surface area contributed by atoms with Crippen molar-refractivity contribution >= 4 is 5.91 Å². The Hall–Kier alpha value is -1.37. The Kier molecular flexibility index (Phi) is 54.0. The number of hydrogen-bond donors (Lipinski definition) is 7. The van der Waals surface area contributed by atoms with Crippen molar-refractivity contribution in [3.05, 3.63) is 24.3 Å². The van der Waals surface area contributed by atoms with Crippen LogP contribution < -0.4 is 5.32 Å². The molecule has 8 unspecified atom stereocenters. The molecule has 1 fully saturated rings. The molecule has 1 saturated heterocycles. The van der Waals surface area contributed by atoms with Crippen LogP contribution in [-0.4, -0.2) is 98.7 Å². The number of aliphatic hydroxyl groups is 6. The summed E-state index contributed by atoms with van der Waals surface area (Å²) in [6, 6.07) is -0.995. The van der Waals surface area contributed by atoms with Gasteiger partial charge in [0, 0.05) is 0 Å². The Morgan fingerprint density at radius 3 is 1.13 bits per heavy atom. The SMILES string of the molecule is CCCCCCCCCCCC/C=C/CC/C=C/C(O)C(COC1OC(CO)C(O)C(O)C1O)NC(=O)C(O)CCCCCCCCCCCCCCCCCCCCCCCCCCCCCCCCCCCCCC. The molecule has 456 valence electrons. The molecule has 1 aliphatic heterocycles. The lowest BCUT2D eigenvalue weighted by atomic mass is 9.99. The number of carbonyl (C=O) groups is 1. The van der Waals surface area contributed by atoms with Gasteiger partial charge < -0.3 is 45.4 Å². The van der Waals surface area contributed by atoms with Crippen molar-refractivity contribution < 1.29 is 44.9 Å². The van der Waals surface area contributed by atoms with E-state index < -0.39 is 61.5 Å². The zero-order chi connectivity index (χ0) is 55.9. The molecule has 0 saturated carbocycles. The van der Waals surface area contributed by atoms with Crippen LogP contribution in [0.2, 0.25) is 0 Å². The van der Waals surface area contributed by atoms with E-state index in [-0.39, 0.29) is 6.61 Å². The summed E-state index contributed by atoms with van der Waals surface area (Å²) in [7, 11) is 0. The van der Waals surface area contributed by atoms with Gasteiger partial charge in [0.25, 0.3) is 0 Å². The van der Waals surface area contributed by atoms with Gasteiger partial charge in [-0.15, -0.1) is 0 Å². The van der Waals surface area contributed by atoms with E-state index in [0.29, 0.717) is 12.8 Å². The average molecular weight is 1090 g/mol. The summed E-state index contributed by atoms with van der Waals surface area (Å²) in [5.41, 5.74) is 0. The van der Waals surface area contributed by atoms with Gasteiger partial charge >= 0.3 is 0 Å². The fraction of sp³-hybridized carbons (Fsp3) is 0.925. The number of ether oxygens (including phenoxy) is 2. The standard InChI is InChI=1S/C67H129NO9/c1-3-5-7-9-11-13-15-17-19-21-22-23-24-25-26-27-28-29-30-31-32-33-34-35-36-37-38-39-40-42-44-46-48-50-52-54-56-61(71)66(75)68-59(58-76-67-65(74)64(73)63(72)62(57-69)77-67)60(70)55-53-51-49-47-45-43-41-20-18-16-14-12-10-8-6-4-2/h45,47,53,55,59-65,67,69-74H,3-44,46,48-52,54,56-58H2,1-2H3,(H,68,75)/b47-45+,55-53+. The average Bonchev–Trinajstić information content (AvgIpc) is 3.44. The molecule has 0 aromatic heterocycles. The Morgan fingerprint density at radius 2 is 0.766 bits per heavy atom. The molecule has 10 heteroatoms. The molecule has 0 radical (unpaired) electrons. The van der Waals surface area contributed by atoms with Gasteiger partial charge in [-0.3, -0.25) is 4.79 Å². The van der Waals surface area contributed by atoms with Crippen LogP contribution in [0, 0.1) is 0 Å². The lowest BCUT2D eigenvalue weighted by Gasteiger charge is -2.40. The van der Waals surface area contributed by atoms with Gasteiger partial charge in [-0.05, 0) is 32.1 Å². The highest BCUT2D eigenvalue weighted by Gasteiger charge is 2.44. The van der Waals surface area contributed by atoms with Gasteiger partial charge in [0.15, 0.2) is 6.29 Å². The first-order valence-corrected chi connectivity index (χ1v) is 33.7. The van der Waals surface area contributed by atoms with E-state index in [0.717, 1.165) is 38.5 Å². The van der Waals surface area contributed by atoms with E-state index in [9.17, 15) is 35.4 Å². The normalized spacial score (nSPS) is 19.2. The largest absolute Gasteiger partial charge is 0.394 e. The number of hydrogen-bond acceptors (Lipinski definition) is 9. The van der Waals surface area contributed by atoms with Gasteiger partial charge in [-0.2, -0.15) is 0 Å². The predicted molar refractivity (Wildman–Crippen MR) is 324 cm³/mol. The summed E-state index contributed by atoms with van der Waals surface area (Å²) in [4.78, 5) is 13.2. The van der Waals surface area contributed by atoms with Crippen LogP contribution in [-0.2, 0) is 14.3 Å². The molecule has 7 N–H and O–H groups in total. The fourth-order valence-corrected chi connectivity index (χ4v) is 11.0. The van der Waals surface area contributed by atoms with Crippen molar-refractivity contribution in [1.29, 1.82) is 0 Å². The highest BCUT2D eigenvalue weighted by molar-refractivity contribution is 5.80. The lowest BCUT2D eigenvalue weighted by Crippen LogP contribution is -2.60. The van der Waals surface area contributed by atoms with Gasteiger partial charge in [-0.25, -0.2) is 0 Å². The summed E-state index contributed by atoms with van der Waals surface area (Å²) in [6.45, 7) is 3.64. The molecule has 0 aromatic carbocycles. The van der Waals surface area contributed by atoms with E-state index in [1.54, 1.807) is 6.08 Å². The van der Waals surface area contributed by atoms with Crippen molar-refractivity contribution in [2.24, 2.45) is 0 Å². The molecular weight excluding hydrogens is 963 g/mol. The Morgan fingerprint density at radius 1 is 0.442 bits per heavy atom. The highest BCUT2D eigenvalue weighted by Crippen LogP contribution is 2.23. The zero-order valence-corrected chi connectivity index (χ0v) is 50.6. The number of carbonyl (C=O) groups excluding carboxylic acids is 1. The molecule has 10 nitrogen and oxygen atoms in total. The van der Waals surface area contributed by atoms with Crippen molar-refractivity contribution in [3.8, 4) is 0 Å². The smallest absolute Gasteiger partial charge is 0.249 e. The Labute approximate surface area is 475 Å². The minimum atomic E-state index is -1.61. The van der Waals surface area contributed by atoms with E-state index in [1.807, 2.05) is 6.08 Å². The molecule has 0 spiro atoms. The highest BCUT2D eigenvalue weighted by atomic mass is 16.7. The second-order valence-electron chi connectivity index (χ2n) is 23.8. The second kappa shape index (κ2) is 56.5. The summed E-state index contributed by atoms with van der Waals surface area (Å²) < 4.78 is 11.2. The van der Waals surface area contributed by atoms with Crippen molar-refractivity contribution in [1.82, 2.24) is 5.32 Å². The maximum atomic E-state index is 13.2. The van der Waals surface area contributed by atoms with Gasteiger partial charge in [-0.1, -0.05) is 327 Å². The molecule has 0 aliphatic carbocycles. The first-order chi connectivity index (χ1) is 37.8. The second-order valence-corrected chi connectivity index (χ2v) is 23.8. The topological polar surface area (TPSA) is 169 Å². The van der Waals surface area contributed by atoms with Crippen LogP contribution in [0.3, 0.4) is 0 Å². The van der Waals surface area contributed by atoms with Crippen LogP contribution in [0.15, 0.2) is 24.3 Å². The van der Waals surface area contributed by atoms with Gasteiger partial charge in [0.2, 0.25) is 5.91 Å². The van der Waals surface area contributed by atoms with Crippen LogP contribution >= 0.6 is 0 Å². The first kappa shape index (κ1) is 73.6. The van der Waals surface area contributed by atoms with Gasteiger partial charge in [0.05, 0.1) is 25.4 Å². The molecule has 8 atom stereocenters. The quantitative estimate of drug-likeness (QED) is 0.0232. The maximum Gasteiger partial charge on any atom is 0.249 e. The number of allylic oxidation sites excluding steroid dienone is 3. The number of aliphatic hydroxyl groups excluding tert-OH is 6. The summed E-state index contributed by atoms with van der Waals surface area (Å²) >= 11 is 0. The number of nitrogens with one attached hydrogen (secondary N) is 1. The fourth-order valence-electron chi connectivity index (χ4n) is 11.0. The first-order valence-electron chi connectivity index (χ1n) is 33.7. The van der Waals surface area contributed by atoms with Crippen molar-refractivity contribution in [2.75, 3.05) is 13.2 Å². The van der Waals surface area contributed by atoms with E-state index in [1.165, 1.54) is 270 Å². The number of unbranched alkanes of at least 4 members (excludes halogenated alkanes) is 46. The van der Waals surface area contributed by atoms with Crippen LogP contribution in [0.1, 0.15) is 335 Å². The van der Waals surface area contributed by atoms with E-state index >= 15 is 0 Å². The molecular formula is C67H129NO9. The Bertz CT molecular complexity index is 1280. The maximum absolute atomic E-state index is 13.2. The monoisotopic (exact) mass is 1090 g/mol. The number of rotatable bonds is 59. The van der Waals surface area contributed by atoms with Crippen LogP contribution in [0.25, 0.3) is 0 Å². The molecule has 1 amide bonds. The lowest BCUT2D eigenvalue weighted by molar-refractivity contribution is -0.302. The van der Waals surface area contributed by atoms with Crippen molar-refractivity contribution in [3.63, 3.8) is 0 Å². The van der Waals surface area contributed by atoms with Crippen LogP contribution in [0.5, 0.6) is 0 Å². The van der Waals surface area contributed by atoms with Crippen molar-refractivity contribution in [2.45, 2.75) is 384 Å². The summed E-state index contributed by atoms with van der Waals surface area (Å²) in [5.74, 6) is -0.619. The number of amides is 1. The minimum Gasteiger partial charge on any atom is -0.394 e. The zero-order valence-electron chi connectivity index (χ0n) is 50.6. The third kappa shape index (κ3) is 44.9. The van der Waals surface area contributed by atoms with Gasteiger partial charge in [0.1, 0.15) is 30.5 Å². The third-order valence-electron chi connectivity index (χ3n) is 16.4. The minimum absolute atomic E-state index is 0.309. The van der Waals surface area contributed by atoms with E-state index in [2.05, 4.69) is 31.3 Å². The van der Waals surface area contributed by atoms with Crippen LogP contribution in [0.4, 0.5) is 0 Å². The molecule has 77 heavy (non-hydrogen) atoms. The van der Waals surface area contributed by atoms with E-state index in [4.69, 9.17) is 9.47 Å². The molecule has 1 heterocycles. The molecule has 1 rings (SSSR count). The predicted octanol–water partition coefficient (Wildman–Crippen LogP) is 16.7. The molecule has 0 aromatic rings. The summed E-state index contributed by atoms with van der Waals surface area (Å²) in [6.07, 6.45) is 63.3.